The van der Waals surface area contributed by atoms with Crippen LogP contribution in [0.1, 0.15) is 35.1 Å². The zero-order chi connectivity index (χ0) is 27.4. The van der Waals surface area contributed by atoms with E-state index in [0.717, 1.165) is 44.8 Å². The number of benzene rings is 3. The van der Waals surface area contributed by atoms with E-state index >= 15 is 0 Å². The van der Waals surface area contributed by atoms with Crippen LogP contribution in [0.5, 0.6) is 5.75 Å². The molecule has 1 saturated heterocycles. The van der Waals surface area contributed by atoms with Crippen molar-refractivity contribution in [1.29, 1.82) is 5.26 Å². The second-order valence-electron chi connectivity index (χ2n) is 9.96. The van der Waals surface area contributed by atoms with Crippen LogP contribution in [-0.4, -0.2) is 34.1 Å². The fourth-order valence-corrected chi connectivity index (χ4v) is 4.88. The molecule has 1 N–H and O–H groups in total. The van der Waals surface area contributed by atoms with E-state index < -0.39 is 5.97 Å². The zero-order valence-corrected chi connectivity index (χ0v) is 22.1. The molecule has 1 fully saturated rings. The molecule has 0 amide bonds. The highest BCUT2D eigenvalue weighted by atomic mass is 16.5. The van der Waals surface area contributed by atoms with Crippen LogP contribution in [0.25, 0.3) is 22.4 Å². The average molecular weight is 519 g/mol. The maximum absolute atomic E-state index is 11.3. The molecule has 0 radical (unpaired) electrons. The number of aliphatic carboxylic acids is 1. The van der Waals surface area contributed by atoms with E-state index in [0.29, 0.717) is 44.0 Å². The maximum atomic E-state index is 11.3. The molecular weight excluding hydrogens is 488 g/mol. The first kappa shape index (κ1) is 25.9. The Balaban J connectivity index is 1.33. The van der Waals surface area contributed by atoms with Crippen molar-refractivity contribution in [3.63, 3.8) is 0 Å². The Hall–Kier alpha value is -4.70. The van der Waals surface area contributed by atoms with Crippen LogP contribution in [0, 0.1) is 31.1 Å². The van der Waals surface area contributed by atoms with E-state index in [2.05, 4.69) is 47.1 Å². The SMILES string of the molecule is Cc1ccc(OCc2ccc(-c3ccc(C#N)cc3)cc2C)c(-c2ccnc(N3CCC(C(=O)O)CC3)n2)c1. The van der Waals surface area contributed by atoms with Gasteiger partial charge in [-0.1, -0.05) is 42.0 Å². The Morgan fingerprint density at radius 2 is 1.77 bits per heavy atom. The molecule has 2 heterocycles. The van der Waals surface area contributed by atoms with E-state index in [1.165, 1.54) is 0 Å². The predicted octanol–water partition coefficient (Wildman–Crippen LogP) is 6.18. The Morgan fingerprint density at radius 3 is 2.46 bits per heavy atom. The number of hydrogen-bond donors (Lipinski definition) is 1. The molecule has 7 heteroatoms. The van der Waals surface area contributed by atoms with Gasteiger partial charge in [-0.05, 0) is 79.3 Å². The third-order valence-electron chi connectivity index (χ3n) is 7.25. The summed E-state index contributed by atoms with van der Waals surface area (Å²) in [7, 11) is 0. The molecular formula is C32H30N4O3. The second-order valence-corrected chi connectivity index (χ2v) is 9.96. The summed E-state index contributed by atoms with van der Waals surface area (Å²) in [6.45, 7) is 5.77. The van der Waals surface area contributed by atoms with Gasteiger partial charge in [0, 0.05) is 24.8 Å². The smallest absolute Gasteiger partial charge is 0.306 e. The summed E-state index contributed by atoms with van der Waals surface area (Å²) in [4.78, 5) is 22.7. The number of nitriles is 1. The first-order valence-corrected chi connectivity index (χ1v) is 13.1. The predicted molar refractivity (Wildman–Crippen MR) is 150 cm³/mol. The van der Waals surface area contributed by atoms with Crippen LogP contribution in [-0.2, 0) is 11.4 Å². The van der Waals surface area contributed by atoms with Crippen molar-refractivity contribution in [2.75, 3.05) is 18.0 Å². The monoisotopic (exact) mass is 518 g/mol. The van der Waals surface area contributed by atoms with Crippen LogP contribution in [0.15, 0.2) is 72.9 Å². The third kappa shape index (κ3) is 5.91. The van der Waals surface area contributed by atoms with Crippen LogP contribution in [0.4, 0.5) is 5.95 Å². The fourth-order valence-electron chi connectivity index (χ4n) is 4.88. The highest BCUT2D eigenvalue weighted by molar-refractivity contribution is 5.71. The molecule has 7 nitrogen and oxygen atoms in total. The third-order valence-corrected chi connectivity index (χ3v) is 7.25. The van der Waals surface area contributed by atoms with Crippen molar-refractivity contribution in [2.24, 2.45) is 5.92 Å². The van der Waals surface area contributed by atoms with Crippen molar-refractivity contribution >= 4 is 11.9 Å². The van der Waals surface area contributed by atoms with Gasteiger partial charge in [-0.25, -0.2) is 9.97 Å². The molecule has 1 aliphatic heterocycles. The number of anilines is 1. The summed E-state index contributed by atoms with van der Waals surface area (Å²) in [6, 6.07) is 24.0. The van der Waals surface area contributed by atoms with Crippen molar-refractivity contribution < 1.29 is 14.6 Å². The van der Waals surface area contributed by atoms with Crippen LogP contribution in [0.3, 0.4) is 0 Å². The minimum absolute atomic E-state index is 0.303. The van der Waals surface area contributed by atoms with E-state index in [9.17, 15) is 9.90 Å². The Bertz CT molecular complexity index is 1530. The minimum atomic E-state index is -0.731. The number of nitrogens with zero attached hydrogens (tertiary/aromatic N) is 4. The molecule has 3 aromatic carbocycles. The minimum Gasteiger partial charge on any atom is -0.488 e. The number of ether oxygens (including phenoxy) is 1. The van der Waals surface area contributed by atoms with E-state index in [1.54, 1.807) is 6.20 Å². The molecule has 0 unspecified atom stereocenters. The molecule has 1 aromatic heterocycles. The average Bonchev–Trinajstić information content (AvgIpc) is 2.97. The number of aromatic nitrogens is 2. The van der Waals surface area contributed by atoms with Gasteiger partial charge in [-0.15, -0.1) is 0 Å². The first-order chi connectivity index (χ1) is 18.9. The number of carboxylic acids is 1. The summed E-state index contributed by atoms with van der Waals surface area (Å²) in [5.74, 6) is 0.316. The molecule has 0 atom stereocenters. The summed E-state index contributed by atoms with van der Waals surface area (Å²) in [6.07, 6.45) is 2.93. The molecule has 39 heavy (non-hydrogen) atoms. The first-order valence-electron chi connectivity index (χ1n) is 13.1. The summed E-state index contributed by atoms with van der Waals surface area (Å²) >= 11 is 0. The normalized spacial score (nSPS) is 13.6. The number of carboxylic acid groups (broad SMARTS) is 1. The van der Waals surface area contributed by atoms with Gasteiger partial charge in [0.25, 0.3) is 0 Å². The topological polar surface area (TPSA) is 99.3 Å². The quantitative estimate of drug-likeness (QED) is 0.312. The molecule has 0 bridgehead atoms. The molecule has 0 spiro atoms. The van der Waals surface area contributed by atoms with Crippen LogP contribution in [0.2, 0.25) is 0 Å². The number of carbonyl (C=O) groups is 1. The van der Waals surface area contributed by atoms with Crippen molar-refractivity contribution in [3.05, 3.63) is 95.2 Å². The Morgan fingerprint density at radius 1 is 1.03 bits per heavy atom. The number of rotatable bonds is 7. The van der Waals surface area contributed by atoms with Gasteiger partial charge in [-0.3, -0.25) is 4.79 Å². The zero-order valence-electron chi connectivity index (χ0n) is 22.1. The van der Waals surface area contributed by atoms with Gasteiger partial charge in [0.2, 0.25) is 5.95 Å². The van der Waals surface area contributed by atoms with E-state index in [-0.39, 0.29) is 5.92 Å². The lowest BCUT2D eigenvalue weighted by atomic mass is 9.97. The molecule has 196 valence electrons. The van der Waals surface area contributed by atoms with Crippen molar-refractivity contribution in [1.82, 2.24) is 9.97 Å². The second kappa shape index (κ2) is 11.4. The highest BCUT2D eigenvalue weighted by Crippen LogP contribution is 2.32. The molecule has 5 rings (SSSR count). The van der Waals surface area contributed by atoms with Gasteiger partial charge in [0.05, 0.1) is 23.2 Å². The van der Waals surface area contributed by atoms with Crippen LogP contribution >= 0.6 is 0 Å². The summed E-state index contributed by atoms with van der Waals surface area (Å²) < 4.78 is 6.34. The van der Waals surface area contributed by atoms with Crippen LogP contribution < -0.4 is 9.64 Å². The van der Waals surface area contributed by atoms with Gasteiger partial charge in [-0.2, -0.15) is 5.26 Å². The summed E-state index contributed by atoms with van der Waals surface area (Å²) in [5, 5.41) is 18.4. The van der Waals surface area contributed by atoms with Gasteiger partial charge in [0.15, 0.2) is 0 Å². The largest absolute Gasteiger partial charge is 0.488 e. The van der Waals surface area contributed by atoms with Gasteiger partial charge < -0.3 is 14.7 Å². The lowest BCUT2D eigenvalue weighted by molar-refractivity contribution is -0.142. The van der Waals surface area contributed by atoms with Gasteiger partial charge in [0.1, 0.15) is 12.4 Å². The molecule has 0 aliphatic carbocycles. The summed E-state index contributed by atoms with van der Waals surface area (Å²) in [5.41, 5.74) is 7.78. The molecule has 0 saturated carbocycles. The molecule has 1 aliphatic rings. The fraction of sp³-hybridized carbons (Fsp3) is 0.250. The number of piperidine rings is 1. The van der Waals surface area contributed by atoms with Crippen molar-refractivity contribution in [3.8, 4) is 34.2 Å². The van der Waals surface area contributed by atoms with E-state index in [4.69, 9.17) is 15.0 Å². The van der Waals surface area contributed by atoms with Gasteiger partial charge >= 0.3 is 5.97 Å². The van der Waals surface area contributed by atoms with Crippen molar-refractivity contribution in [2.45, 2.75) is 33.3 Å². The number of aryl methyl sites for hydroxylation is 2. The highest BCUT2D eigenvalue weighted by Gasteiger charge is 2.26. The lowest BCUT2D eigenvalue weighted by Gasteiger charge is -2.30. The standard InChI is InChI=1S/C32H30N4O3/c1-21-3-10-30(39-20-27-9-8-26(18-22(27)2)24-6-4-23(19-33)5-7-24)28(17-21)29-11-14-34-32(35-29)36-15-12-25(13-16-36)31(37)38/h3-11,14,17-18,25H,12-13,15-16,20H2,1-2H3,(H,37,38). The van der Waals surface area contributed by atoms with E-state index in [1.807, 2.05) is 49.4 Å². The Kier molecular flexibility index (Phi) is 7.55. The Labute approximate surface area is 228 Å². The number of hydrogen-bond acceptors (Lipinski definition) is 6. The lowest BCUT2D eigenvalue weighted by Crippen LogP contribution is -2.37. The maximum Gasteiger partial charge on any atom is 0.306 e. The molecule has 4 aromatic rings.